The summed E-state index contributed by atoms with van der Waals surface area (Å²) >= 11 is 12.0. The molecule has 0 bridgehead atoms. The van der Waals surface area contributed by atoms with Crippen LogP contribution in [0.1, 0.15) is 41.2 Å². The molecule has 2 aliphatic rings. The van der Waals surface area contributed by atoms with Crippen molar-refractivity contribution in [1.82, 2.24) is 10.2 Å². The normalized spacial score (nSPS) is 25.6. The van der Waals surface area contributed by atoms with Gasteiger partial charge in [0, 0.05) is 5.56 Å². The van der Waals surface area contributed by atoms with E-state index in [1.54, 1.807) is 18.2 Å². The van der Waals surface area contributed by atoms with Crippen molar-refractivity contribution in [2.75, 3.05) is 13.2 Å². The number of amides is 1. The summed E-state index contributed by atoms with van der Waals surface area (Å²) in [6.45, 7) is 1.58. The minimum Gasteiger partial charge on any atom is -0.355 e. The summed E-state index contributed by atoms with van der Waals surface area (Å²) < 4.78 is 6.13. The Morgan fingerprint density at radius 2 is 1.89 bits per heavy atom. The summed E-state index contributed by atoms with van der Waals surface area (Å²) in [5.41, 5.74) is 1.75. The van der Waals surface area contributed by atoms with Gasteiger partial charge in [0.25, 0.3) is 5.91 Å². The highest BCUT2D eigenvalue weighted by Gasteiger charge is 2.40. The minimum absolute atomic E-state index is 0.171. The lowest BCUT2D eigenvalue weighted by molar-refractivity contribution is -0.125. The van der Waals surface area contributed by atoms with Crippen molar-refractivity contribution in [2.24, 2.45) is 0 Å². The molecule has 2 fully saturated rings. The molecular formula is C21H22Cl2N2O2. The summed E-state index contributed by atoms with van der Waals surface area (Å²) in [5, 5.41) is 3.86. The van der Waals surface area contributed by atoms with Crippen LogP contribution in [0.5, 0.6) is 0 Å². The van der Waals surface area contributed by atoms with E-state index >= 15 is 0 Å². The Morgan fingerprint density at radius 1 is 1.07 bits per heavy atom. The molecule has 2 aromatic rings. The summed E-state index contributed by atoms with van der Waals surface area (Å²) in [6.07, 6.45) is 3.00. The molecule has 0 saturated carbocycles. The van der Waals surface area contributed by atoms with Crippen molar-refractivity contribution in [3.63, 3.8) is 0 Å². The largest absolute Gasteiger partial charge is 0.355 e. The van der Waals surface area contributed by atoms with Gasteiger partial charge in [-0.2, -0.15) is 0 Å². The maximum atomic E-state index is 12.7. The fourth-order valence-corrected chi connectivity index (χ4v) is 4.34. The highest BCUT2D eigenvalue weighted by atomic mass is 35.5. The highest BCUT2D eigenvalue weighted by molar-refractivity contribution is 6.42. The van der Waals surface area contributed by atoms with E-state index in [9.17, 15) is 4.79 Å². The van der Waals surface area contributed by atoms with Crippen LogP contribution in [0.4, 0.5) is 0 Å². The molecule has 1 amide bonds. The fraction of sp³-hybridized carbons (Fsp3) is 0.381. The monoisotopic (exact) mass is 404 g/mol. The number of carbonyl (C=O) groups is 1. The van der Waals surface area contributed by atoms with E-state index in [-0.39, 0.29) is 24.2 Å². The van der Waals surface area contributed by atoms with Gasteiger partial charge in [-0.25, -0.2) is 0 Å². The Kier molecular flexibility index (Phi) is 5.69. The van der Waals surface area contributed by atoms with Gasteiger partial charge in [-0.3, -0.25) is 9.69 Å². The Morgan fingerprint density at radius 3 is 2.67 bits per heavy atom. The summed E-state index contributed by atoms with van der Waals surface area (Å²) in [6, 6.07) is 15.8. The first kappa shape index (κ1) is 18.8. The number of benzene rings is 2. The average molecular weight is 405 g/mol. The first-order chi connectivity index (χ1) is 13.1. The van der Waals surface area contributed by atoms with Gasteiger partial charge in [0.2, 0.25) is 0 Å². The lowest BCUT2D eigenvalue weighted by Gasteiger charge is -2.48. The van der Waals surface area contributed by atoms with Crippen LogP contribution in [0.15, 0.2) is 48.5 Å². The smallest absolute Gasteiger partial charge is 0.253 e. The van der Waals surface area contributed by atoms with Crippen molar-refractivity contribution < 1.29 is 9.53 Å². The van der Waals surface area contributed by atoms with Crippen molar-refractivity contribution in [1.29, 1.82) is 0 Å². The topological polar surface area (TPSA) is 41.6 Å². The van der Waals surface area contributed by atoms with Crippen LogP contribution in [-0.4, -0.2) is 36.2 Å². The second kappa shape index (κ2) is 8.19. The molecule has 2 saturated heterocycles. The number of rotatable bonds is 3. The Balaban J connectivity index is 1.51. The number of ether oxygens (including phenoxy) is 1. The van der Waals surface area contributed by atoms with Crippen LogP contribution >= 0.6 is 23.2 Å². The molecule has 6 heteroatoms. The summed E-state index contributed by atoms with van der Waals surface area (Å²) in [5.74, 6) is -0.192. The molecular weight excluding hydrogens is 383 g/mol. The highest BCUT2D eigenvalue weighted by Crippen LogP contribution is 2.34. The third kappa shape index (κ3) is 3.99. The van der Waals surface area contributed by atoms with Crippen LogP contribution in [0.25, 0.3) is 0 Å². The number of fused-ring (bicyclic) bond motifs is 1. The van der Waals surface area contributed by atoms with Crippen molar-refractivity contribution in [2.45, 2.75) is 37.6 Å². The minimum atomic E-state index is -0.327. The number of halogens is 2. The second-order valence-corrected chi connectivity index (χ2v) is 7.90. The standard InChI is InChI=1S/C21H22Cl2N2O2/c22-16-10-9-15(12-17(16)23)20(26)24-21-18-8-4-5-11-25(18)19(13-27-21)14-6-2-1-3-7-14/h1-3,6-7,9-10,12,18-19,21H,4-5,8,11,13H2,(H,24,26)/t18-,19-,21+/m0/s1. The maximum absolute atomic E-state index is 12.7. The third-order valence-electron chi connectivity index (χ3n) is 5.42. The fourth-order valence-electron chi connectivity index (χ4n) is 4.04. The van der Waals surface area contributed by atoms with Gasteiger partial charge in [-0.15, -0.1) is 0 Å². The molecule has 0 unspecified atom stereocenters. The summed E-state index contributed by atoms with van der Waals surface area (Å²) in [4.78, 5) is 15.2. The number of piperidine rings is 1. The van der Waals surface area contributed by atoms with Gasteiger partial charge in [0.05, 0.1) is 28.7 Å². The van der Waals surface area contributed by atoms with Crippen LogP contribution < -0.4 is 5.32 Å². The molecule has 2 aliphatic heterocycles. The Bertz CT molecular complexity index is 815. The Hall–Kier alpha value is -1.59. The van der Waals surface area contributed by atoms with Crippen LogP contribution in [0.2, 0.25) is 10.0 Å². The van der Waals surface area contributed by atoms with Crippen LogP contribution in [0, 0.1) is 0 Å². The van der Waals surface area contributed by atoms with E-state index in [1.807, 2.05) is 6.07 Å². The molecule has 2 aromatic carbocycles. The Labute approximate surface area is 169 Å². The van der Waals surface area contributed by atoms with E-state index in [1.165, 1.54) is 12.0 Å². The molecule has 4 nitrogen and oxygen atoms in total. The molecule has 0 aromatic heterocycles. The van der Waals surface area contributed by atoms with Gasteiger partial charge >= 0.3 is 0 Å². The molecule has 0 aliphatic carbocycles. The molecule has 142 valence electrons. The first-order valence-corrected chi connectivity index (χ1v) is 10.1. The first-order valence-electron chi connectivity index (χ1n) is 9.31. The zero-order chi connectivity index (χ0) is 18.8. The zero-order valence-corrected chi connectivity index (χ0v) is 16.4. The van der Waals surface area contributed by atoms with Crippen LogP contribution in [-0.2, 0) is 4.74 Å². The number of morpholine rings is 1. The van der Waals surface area contributed by atoms with Gasteiger partial charge in [0.1, 0.15) is 6.23 Å². The number of hydrogen-bond acceptors (Lipinski definition) is 3. The molecule has 4 rings (SSSR count). The lowest BCUT2D eigenvalue weighted by atomic mass is 9.93. The molecule has 1 N–H and O–H groups in total. The SMILES string of the molecule is O=C(N[C@@H]1OC[C@@H](c2ccccc2)N2CCCC[C@@H]12)c1ccc(Cl)c(Cl)c1. The van der Waals surface area contributed by atoms with Gasteiger partial charge in [-0.1, -0.05) is 60.0 Å². The molecule has 0 spiro atoms. The van der Waals surface area contributed by atoms with Gasteiger partial charge in [0.15, 0.2) is 0 Å². The lowest BCUT2D eigenvalue weighted by Crippen LogP contribution is -2.60. The third-order valence-corrected chi connectivity index (χ3v) is 6.15. The predicted molar refractivity (Wildman–Crippen MR) is 107 cm³/mol. The quantitative estimate of drug-likeness (QED) is 0.807. The van der Waals surface area contributed by atoms with Gasteiger partial charge in [-0.05, 0) is 43.1 Å². The van der Waals surface area contributed by atoms with Crippen LogP contribution in [0.3, 0.4) is 0 Å². The van der Waals surface area contributed by atoms with E-state index in [0.717, 1.165) is 19.4 Å². The van der Waals surface area contributed by atoms with Gasteiger partial charge < -0.3 is 10.1 Å². The predicted octanol–water partition coefficient (Wildman–Crippen LogP) is 4.68. The van der Waals surface area contributed by atoms with E-state index in [2.05, 4.69) is 34.5 Å². The number of carbonyl (C=O) groups excluding carboxylic acids is 1. The molecule has 3 atom stereocenters. The molecule has 27 heavy (non-hydrogen) atoms. The number of nitrogens with zero attached hydrogens (tertiary/aromatic N) is 1. The number of hydrogen-bond donors (Lipinski definition) is 1. The average Bonchev–Trinajstić information content (AvgIpc) is 2.71. The zero-order valence-electron chi connectivity index (χ0n) is 14.9. The summed E-state index contributed by atoms with van der Waals surface area (Å²) in [7, 11) is 0. The molecule has 0 radical (unpaired) electrons. The van der Waals surface area contributed by atoms with Crippen molar-refractivity contribution in [3.05, 3.63) is 69.7 Å². The van der Waals surface area contributed by atoms with Crippen molar-refractivity contribution in [3.8, 4) is 0 Å². The maximum Gasteiger partial charge on any atom is 0.253 e. The van der Waals surface area contributed by atoms with E-state index in [0.29, 0.717) is 22.2 Å². The second-order valence-electron chi connectivity index (χ2n) is 7.08. The number of nitrogens with one attached hydrogen (secondary N) is 1. The van der Waals surface area contributed by atoms with E-state index < -0.39 is 0 Å². The van der Waals surface area contributed by atoms with E-state index in [4.69, 9.17) is 27.9 Å². The molecule has 2 heterocycles. The van der Waals surface area contributed by atoms with Crippen molar-refractivity contribution >= 4 is 29.1 Å².